The van der Waals surface area contributed by atoms with Gasteiger partial charge in [0, 0.05) is 5.69 Å². The minimum Gasteiger partial charge on any atom is -0.348 e. The van der Waals surface area contributed by atoms with Crippen molar-refractivity contribution in [3.63, 3.8) is 0 Å². The van der Waals surface area contributed by atoms with Gasteiger partial charge in [0.1, 0.15) is 0 Å². The number of aromatic nitrogens is 5. The summed E-state index contributed by atoms with van der Waals surface area (Å²) in [6.07, 6.45) is 0. The van der Waals surface area contributed by atoms with Crippen LogP contribution in [0.15, 0.2) is 41.6 Å². The highest BCUT2D eigenvalue weighted by atomic mass is 32.2. The van der Waals surface area contributed by atoms with Crippen molar-refractivity contribution in [2.45, 2.75) is 38.9 Å². The molecule has 9 heteroatoms. The molecule has 0 aliphatic heterocycles. The van der Waals surface area contributed by atoms with Gasteiger partial charge in [-0.15, -0.1) is 10.2 Å². The normalized spacial score (nSPS) is 12.3. The zero-order chi connectivity index (χ0) is 20.3. The second-order valence-electron chi connectivity index (χ2n) is 6.98. The number of amides is 1. The molecule has 0 unspecified atom stereocenters. The van der Waals surface area contributed by atoms with Gasteiger partial charge in [0.2, 0.25) is 11.1 Å². The highest BCUT2D eigenvalue weighted by molar-refractivity contribution is 7.99. The molecule has 2 aromatic heterocycles. The summed E-state index contributed by atoms with van der Waals surface area (Å²) in [5.41, 5.74) is 2.87. The molecule has 0 aliphatic carbocycles. The van der Waals surface area contributed by atoms with Gasteiger partial charge in [0.25, 0.3) is 5.95 Å². The standard InChI is InChI=1S/C19H25N7OS/c1-12(2)17(15-8-6-5-7-9-15)21-16(27)11-28-19-23-22-18(25(19)20)26-14(4)10-13(3)24-26/h5-10,12,17H,11,20H2,1-4H3,(H,21,27)/t17-/m0/s1. The Morgan fingerprint density at radius 2 is 1.93 bits per heavy atom. The number of carbonyl (C=O) groups excluding carboxylic acids is 1. The van der Waals surface area contributed by atoms with Crippen LogP contribution in [0.4, 0.5) is 0 Å². The Labute approximate surface area is 168 Å². The van der Waals surface area contributed by atoms with Gasteiger partial charge in [-0.05, 0) is 31.4 Å². The SMILES string of the molecule is Cc1cc(C)n(-c2nnc(SCC(=O)N[C@H](c3ccccc3)C(C)C)n2N)n1. The van der Waals surface area contributed by atoms with E-state index in [0.717, 1.165) is 17.0 Å². The first-order chi connectivity index (χ1) is 13.4. The summed E-state index contributed by atoms with van der Waals surface area (Å²) in [7, 11) is 0. The highest BCUT2D eigenvalue weighted by Crippen LogP contribution is 2.22. The third kappa shape index (κ3) is 4.36. The number of nitrogen functional groups attached to an aromatic ring is 1. The predicted molar refractivity (Wildman–Crippen MR) is 110 cm³/mol. The summed E-state index contributed by atoms with van der Waals surface area (Å²) in [4.78, 5) is 12.5. The fourth-order valence-electron chi connectivity index (χ4n) is 2.98. The van der Waals surface area contributed by atoms with Crippen LogP contribution in [0.5, 0.6) is 0 Å². The number of hydrogen-bond acceptors (Lipinski definition) is 6. The maximum absolute atomic E-state index is 12.5. The number of nitrogens with zero attached hydrogens (tertiary/aromatic N) is 5. The van der Waals surface area contributed by atoms with Crippen LogP contribution in [0.25, 0.3) is 5.95 Å². The molecule has 8 nitrogen and oxygen atoms in total. The third-order valence-electron chi connectivity index (χ3n) is 4.32. The number of hydrogen-bond donors (Lipinski definition) is 2. The van der Waals surface area contributed by atoms with Crippen molar-refractivity contribution in [3.8, 4) is 5.95 Å². The van der Waals surface area contributed by atoms with Crippen molar-refractivity contribution in [2.75, 3.05) is 11.6 Å². The van der Waals surface area contributed by atoms with Crippen molar-refractivity contribution >= 4 is 17.7 Å². The number of carbonyl (C=O) groups is 1. The summed E-state index contributed by atoms with van der Waals surface area (Å²) in [5, 5.41) is 16.1. The van der Waals surface area contributed by atoms with Crippen molar-refractivity contribution in [1.82, 2.24) is 30.0 Å². The van der Waals surface area contributed by atoms with Crippen molar-refractivity contribution in [2.24, 2.45) is 5.92 Å². The van der Waals surface area contributed by atoms with Gasteiger partial charge >= 0.3 is 0 Å². The van der Waals surface area contributed by atoms with Crippen LogP contribution in [0.1, 0.15) is 36.8 Å². The minimum atomic E-state index is -0.0804. The molecule has 0 bridgehead atoms. The molecular formula is C19H25N7OS. The topological polar surface area (TPSA) is 104 Å². The fourth-order valence-corrected chi connectivity index (χ4v) is 3.65. The molecule has 0 spiro atoms. The van der Waals surface area contributed by atoms with E-state index in [9.17, 15) is 4.79 Å². The zero-order valence-corrected chi connectivity index (χ0v) is 17.3. The molecule has 1 aromatic carbocycles. The molecule has 0 aliphatic rings. The molecule has 0 radical (unpaired) electrons. The lowest BCUT2D eigenvalue weighted by Gasteiger charge is -2.22. The van der Waals surface area contributed by atoms with Crippen LogP contribution in [-0.2, 0) is 4.79 Å². The monoisotopic (exact) mass is 399 g/mol. The van der Waals surface area contributed by atoms with Crippen LogP contribution in [0, 0.1) is 19.8 Å². The van der Waals surface area contributed by atoms with E-state index in [4.69, 9.17) is 5.84 Å². The molecule has 148 valence electrons. The van der Waals surface area contributed by atoms with E-state index in [1.165, 1.54) is 16.4 Å². The van der Waals surface area contributed by atoms with E-state index in [-0.39, 0.29) is 23.6 Å². The summed E-state index contributed by atoms with van der Waals surface area (Å²) < 4.78 is 2.99. The third-order valence-corrected chi connectivity index (χ3v) is 5.26. The van der Waals surface area contributed by atoms with Crippen LogP contribution in [0.3, 0.4) is 0 Å². The largest absolute Gasteiger partial charge is 0.348 e. The van der Waals surface area contributed by atoms with E-state index in [1.807, 2.05) is 50.2 Å². The van der Waals surface area contributed by atoms with Crippen LogP contribution < -0.4 is 11.2 Å². The molecule has 1 atom stereocenters. The highest BCUT2D eigenvalue weighted by Gasteiger charge is 2.20. The number of aryl methyl sites for hydroxylation is 2. The number of rotatable bonds is 7. The molecular weight excluding hydrogens is 374 g/mol. The Bertz CT molecular complexity index is 949. The molecule has 3 N–H and O–H groups in total. The van der Waals surface area contributed by atoms with E-state index in [0.29, 0.717) is 11.1 Å². The molecule has 3 rings (SSSR count). The van der Waals surface area contributed by atoms with Gasteiger partial charge in [-0.1, -0.05) is 55.9 Å². The van der Waals surface area contributed by atoms with Gasteiger partial charge in [-0.25, -0.2) is 9.36 Å². The van der Waals surface area contributed by atoms with Gasteiger partial charge in [-0.2, -0.15) is 5.10 Å². The number of nitrogens with one attached hydrogen (secondary N) is 1. The molecule has 0 fully saturated rings. The lowest BCUT2D eigenvalue weighted by Crippen LogP contribution is -2.33. The van der Waals surface area contributed by atoms with Gasteiger partial charge in [0.05, 0.1) is 17.5 Å². The van der Waals surface area contributed by atoms with Crippen LogP contribution >= 0.6 is 11.8 Å². The number of benzene rings is 1. The first-order valence-electron chi connectivity index (χ1n) is 9.08. The lowest BCUT2D eigenvalue weighted by molar-refractivity contribution is -0.119. The Morgan fingerprint density at radius 3 is 2.54 bits per heavy atom. The van der Waals surface area contributed by atoms with Crippen LogP contribution in [0.2, 0.25) is 0 Å². The maximum Gasteiger partial charge on any atom is 0.271 e. The van der Waals surface area contributed by atoms with E-state index < -0.39 is 0 Å². The molecule has 3 aromatic rings. The van der Waals surface area contributed by atoms with Crippen LogP contribution in [-0.4, -0.2) is 36.3 Å². The maximum atomic E-state index is 12.5. The predicted octanol–water partition coefficient (Wildman–Crippen LogP) is 2.40. The lowest BCUT2D eigenvalue weighted by atomic mass is 9.96. The molecule has 2 heterocycles. The van der Waals surface area contributed by atoms with Crippen molar-refractivity contribution in [3.05, 3.63) is 53.3 Å². The minimum absolute atomic E-state index is 0.0460. The number of nitrogens with two attached hydrogens (primary N) is 1. The summed E-state index contributed by atoms with van der Waals surface area (Å²) >= 11 is 1.24. The summed E-state index contributed by atoms with van der Waals surface area (Å²) in [6.45, 7) is 7.99. The van der Waals surface area contributed by atoms with Gasteiger partial charge in [-0.3, -0.25) is 4.79 Å². The molecule has 0 saturated heterocycles. The Kier molecular flexibility index (Phi) is 6.03. The first-order valence-corrected chi connectivity index (χ1v) is 10.1. The van der Waals surface area contributed by atoms with E-state index >= 15 is 0 Å². The second kappa shape index (κ2) is 8.47. The zero-order valence-electron chi connectivity index (χ0n) is 16.5. The second-order valence-corrected chi connectivity index (χ2v) is 7.92. The average molecular weight is 400 g/mol. The van der Waals surface area contributed by atoms with Gasteiger partial charge in [0.15, 0.2) is 0 Å². The molecule has 0 saturated carbocycles. The molecule has 1 amide bonds. The average Bonchev–Trinajstić information content (AvgIpc) is 3.19. The summed E-state index contributed by atoms with van der Waals surface area (Å²) in [5.74, 6) is 6.92. The first kappa shape index (κ1) is 19.9. The van der Waals surface area contributed by atoms with Crippen molar-refractivity contribution in [1.29, 1.82) is 0 Å². The molecule has 28 heavy (non-hydrogen) atoms. The van der Waals surface area contributed by atoms with E-state index in [2.05, 4.69) is 34.5 Å². The van der Waals surface area contributed by atoms with Gasteiger partial charge < -0.3 is 11.2 Å². The quantitative estimate of drug-likeness (QED) is 0.467. The smallest absolute Gasteiger partial charge is 0.271 e. The fraction of sp³-hybridized carbons (Fsp3) is 0.368. The summed E-state index contributed by atoms with van der Waals surface area (Å²) in [6, 6.07) is 11.9. The number of thioether (sulfide) groups is 1. The Morgan fingerprint density at radius 1 is 1.21 bits per heavy atom. The van der Waals surface area contributed by atoms with Crippen molar-refractivity contribution < 1.29 is 4.79 Å². The Hall–Kier alpha value is -2.81. The Balaban J connectivity index is 1.66. The van der Waals surface area contributed by atoms with E-state index in [1.54, 1.807) is 4.68 Å².